The summed E-state index contributed by atoms with van der Waals surface area (Å²) in [6.45, 7) is 2.06. The van der Waals surface area contributed by atoms with Gasteiger partial charge in [0.15, 0.2) is 0 Å². The van der Waals surface area contributed by atoms with Crippen LogP contribution in [0, 0.1) is 0 Å². The molecule has 2 aromatic heterocycles. The largest absolute Gasteiger partial charge is 0.326 e. The lowest BCUT2D eigenvalue weighted by Crippen LogP contribution is -2.29. The Morgan fingerprint density at radius 2 is 2.37 bits per heavy atom. The summed E-state index contributed by atoms with van der Waals surface area (Å²) in [6.07, 6.45) is 4.60. The smallest absolute Gasteiger partial charge is 0.248 e. The Labute approximate surface area is 110 Å². The molecule has 6 heteroatoms. The Balaban J connectivity index is 1.82. The van der Waals surface area contributed by atoms with Gasteiger partial charge >= 0.3 is 0 Å². The van der Waals surface area contributed by atoms with E-state index in [0.29, 0.717) is 0 Å². The first-order valence-corrected chi connectivity index (χ1v) is 6.57. The number of hydrogen-bond acceptors (Lipinski definition) is 4. The van der Waals surface area contributed by atoms with E-state index in [2.05, 4.69) is 32.4 Å². The van der Waals surface area contributed by atoms with Crippen LogP contribution in [0.15, 0.2) is 23.3 Å². The standard InChI is InChI=1S/C13H17N5O/c1-8(13-14-7-15-18-13)16-10-3-2-4-11-9(10)5-6-12(19)17-11/h5-8,10,16H,2-4H2,1H3,(H,17,19)(H,14,15,18). The van der Waals surface area contributed by atoms with Crippen molar-refractivity contribution in [2.75, 3.05) is 0 Å². The van der Waals surface area contributed by atoms with Gasteiger partial charge in [-0.15, -0.1) is 0 Å². The van der Waals surface area contributed by atoms with Crippen LogP contribution in [0.4, 0.5) is 0 Å². The number of aromatic amines is 2. The zero-order valence-corrected chi connectivity index (χ0v) is 10.8. The molecule has 0 aliphatic heterocycles. The van der Waals surface area contributed by atoms with Gasteiger partial charge in [-0.05, 0) is 31.7 Å². The number of hydrogen-bond donors (Lipinski definition) is 3. The maximum Gasteiger partial charge on any atom is 0.248 e. The quantitative estimate of drug-likeness (QED) is 0.773. The van der Waals surface area contributed by atoms with Gasteiger partial charge in [-0.3, -0.25) is 9.89 Å². The first-order valence-electron chi connectivity index (χ1n) is 6.57. The molecule has 2 aromatic rings. The molecule has 100 valence electrons. The zero-order valence-electron chi connectivity index (χ0n) is 10.8. The Hall–Kier alpha value is -1.95. The fourth-order valence-corrected chi connectivity index (χ4v) is 2.68. The maximum atomic E-state index is 11.4. The molecule has 2 atom stereocenters. The third kappa shape index (κ3) is 2.44. The molecule has 19 heavy (non-hydrogen) atoms. The van der Waals surface area contributed by atoms with E-state index in [4.69, 9.17) is 0 Å². The van der Waals surface area contributed by atoms with Gasteiger partial charge in [0.2, 0.25) is 5.56 Å². The highest BCUT2D eigenvalue weighted by Crippen LogP contribution is 2.29. The number of rotatable bonds is 3. The summed E-state index contributed by atoms with van der Waals surface area (Å²) in [6, 6.07) is 3.88. The molecule has 0 radical (unpaired) electrons. The summed E-state index contributed by atoms with van der Waals surface area (Å²) in [7, 11) is 0. The highest BCUT2D eigenvalue weighted by molar-refractivity contribution is 5.26. The van der Waals surface area contributed by atoms with Crippen molar-refractivity contribution in [2.24, 2.45) is 0 Å². The van der Waals surface area contributed by atoms with E-state index < -0.39 is 0 Å². The van der Waals surface area contributed by atoms with Crippen LogP contribution in [0.5, 0.6) is 0 Å². The minimum absolute atomic E-state index is 0.0253. The molecular formula is C13H17N5O. The average Bonchev–Trinajstić information content (AvgIpc) is 2.92. The molecule has 3 N–H and O–H groups in total. The molecule has 1 aliphatic carbocycles. The number of nitrogens with zero attached hydrogens (tertiary/aromatic N) is 2. The molecule has 0 spiro atoms. The second-order valence-electron chi connectivity index (χ2n) is 4.96. The summed E-state index contributed by atoms with van der Waals surface area (Å²) in [5.41, 5.74) is 2.22. The van der Waals surface area contributed by atoms with Crippen molar-refractivity contribution in [1.29, 1.82) is 0 Å². The van der Waals surface area contributed by atoms with Gasteiger partial charge in [-0.1, -0.05) is 6.07 Å². The van der Waals surface area contributed by atoms with Crippen molar-refractivity contribution in [3.05, 3.63) is 45.9 Å². The van der Waals surface area contributed by atoms with Crippen LogP contribution in [0.2, 0.25) is 0 Å². The van der Waals surface area contributed by atoms with E-state index in [9.17, 15) is 4.79 Å². The van der Waals surface area contributed by atoms with Crippen molar-refractivity contribution in [3.8, 4) is 0 Å². The van der Waals surface area contributed by atoms with Crippen LogP contribution in [-0.2, 0) is 6.42 Å². The first-order chi connectivity index (χ1) is 9.24. The number of nitrogens with one attached hydrogen (secondary N) is 3. The monoisotopic (exact) mass is 259 g/mol. The molecule has 3 rings (SSSR count). The minimum atomic E-state index is -0.0253. The fourth-order valence-electron chi connectivity index (χ4n) is 2.68. The average molecular weight is 259 g/mol. The Morgan fingerprint density at radius 1 is 1.47 bits per heavy atom. The summed E-state index contributed by atoms with van der Waals surface area (Å²) < 4.78 is 0. The molecule has 2 unspecified atom stereocenters. The number of H-pyrrole nitrogens is 2. The van der Waals surface area contributed by atoms with Crippen LogP contribution in [0.25, 0.3) is 0 Å². The van der Waals surface area contributed by atoms with Gasteiger partial charge in [-0.2, -0.15) is 5.10 Å². The van der Waals surface area contributed by atoms with Gasteiger partial charge in [0.1, 0.15) is 12.2 Å². The SMILES string of the molecule is CC(NC1CCCc2[nH]c(=O)ccc21)c1ncn[nH]1. The van der Waals surface area contributed by atoms with Gasteiger partial charge < -0.3 is 10.3 Å². The van der Waals surface area contributed by atoms with Crippen molar-refractivity contribution in [1.82, 2.24) is 25.5 Å². The third-order valence-corrected chi connectivity index (χ3v) is 3.63. The molecule has 0 bridgehead atoms. The Morgan fingerprint density at radius 3 is 3.16 bits per heavy atom. The van der Waals surface area contributed by atoms with Gasteiger partial charge in [-0.25, -0.2) is 4.98 Å². The lowest BCUT2D eigenvalue weighted by Gasteiger charge is -2.28. The van der Waals surface area contributed by atoms with E-state index >= 15 is 0 Å². The molecule has 2 heterocycles. The van der Waals surface area contributed by atoms with Gasteiger partial charge in [0, 0.05) is 17.8 Å². The number of aryl methyl sites for hydroxylation is 1. The van der Waals surface area contributed by atoms with Crippen molar-refractivity contribution >= 4 is 0 Å². The van der Waals surface area contributed by atoms with Crippen LogP contribution < -0.4 is 10.9 Å². The highest BCUT2D eigenvalue weighted by Gasteiger charge is 2.23. The normalized spacial score (nSPS) is 19.9. The van der Waals surface area contributed by atoms with E-state index in [-0.39, 0.29) is 17.6 Å². The molecule has 0 amide bonds. The topological polar surface area (TPSA) is 86.5 Å². The van der Waals surface area contributed by atoms with Gasteiger partial charge in [0.05, 0.1) is 6.04 Å². The highest BCUT2D eigenvalue weighted by atomic mass is 16.1. The Bertz CT molecular complexity index is 604. The van der Waals surface area contributed by atoms with Crippen LogP contribution in [-0.4, -0.2) is 20.2 Å². The summed E-state index contributed by atoms with van der Waals surface area (Å²) in [4.78, 5) is 18.5. The lowest BCUT2D eigenvalue weighted by atomic mass is 9.91. The molecule has 6 nitrogen and oxygen atoms in total. The molecule has 0 saturated heterocycles. The second kappa shape index (κ2) is 4.97. The molecule has 0 fully saturated rings. The first kappa shape index (κ1) is 12.1. The molecular weight excluding hydrogens is 242 g/mol. The van der Waals surface area contributed by atoms with Crippen molar-refractivity contribution in [2.45, 2.75) is 38.3 Å². The van der Waals surface area contributed by atoms with Crippen LogP contribution in [0.1, 0.15) is 48.9 Å². The molecule has 1 aliphatic rings. The predicted molar refractivity (Wildman–Crippen MR) is 70.7 cm³/mol. The number of fused-ring (bicyclic) bond motifs is 1. The van der Waals surface area contributed by atoms with E-state index in [1.54, 1.807) is 6.07 Å². The number of aromatic nitrogens is 4. The Kier molecular flexibility index (Phi) is 3.16. The molecule has 0 saturated carbocycles. The molecule has 0 aromatic carbocycles. The summed E-state index contributed by atoms with van der Waals surface area (Å²) >= 11 is 0. The lowest BCUT2D eigenvalue weighted by molar-refractivity contribution is 0.403. The van der Waals surface area contributed by atoms with Crippen molar-refractivity contribution < 1.29 is 0 Å². The van der Waals surface area contributed by atoms with E-state index in [1.165, 1.54) is 11.9 Å². The second-order valence-corrected chi connectivity index (χ2v) is 4.96. The zero-order chi connectivity index (χ0) is 13.2. The third-order valence-electron chi connectivity index (χ3n) is 3.63. The predicted octanol–water partition coefficient (Wildman–Crippen LogP) is 1.22. The van der Waals surface area contributed by atoms with Crippen LogP contribution >= 0.6 is 0 Å². The van der Waals surface area contributed by atoms with Gasteiger partial charge in [0.25, 0.3) is 0 Å². The number of pyridine rings is 1. The van der Waals surface area contributed by atoms with E-state index in [0.717, 1.165) is 30.8 Å². The van der Waals surface area contributed by atoms with Crippen LogP contribution in [0.3, 0.4) is 0 Å². The maximum absolute atomic E-state index is 11.4. The fraction of sp³-hybridized carbons (Fsp3) is 0.462. The summed E-state index contributed by atoms with van der Waals surface area (Å²) in [5, 5.41) is 10.3. The van der Waals surface area contributed by atoms with Crippen molar-refractivity contribution in [3.63, 3.8) is 0 Å². The van der Waals surface area contributed by atoms with E-state index in [1.807, 2.05) is 6.07 Å². The summed E-state index contributed by atoms with van der Waals surface area (Å²) in [5.74, 6) is 0.830. The minimum Gasteiger partial charge on any atom is -0.326 e.